The first-order chi connectivity index (χ1) is 8.90. The number of halogens is 3. The van der Waals surface area contributed by atoms with Crippen molar-refractivity contribution in [2.45, 2.75) is 19.4 Å². The van der Waals surface area contributed by atoms with Gasteiger partial charge in [0, 0.05) is 19.5 Å². The molecule has 0 aliphatic carbocycles. The number of hydrogen-bond donors (Lipinski definition) is 1. The highest BCUT2D eigenvalue weighted by Gasteiger charge is 2.16. The van der Waals surface area contributed by atoms with Gasteiger partial charge in [-0.1, -0.05) is 6.07 Å². The molecule has 1 heterocycles. The fraction of sp³-hybridized carbons (Fsp3) is 0.308. The smallest absolute Gasteiger partial charge is 0.159 e. The van der Waals surface area contributed by atoms with E-state index in [9.17, 15) is 8.78 Å². The second-order valence-corrected chi connectivity index (χ2v) is 5.25. The lowest BCUT2D eigenvalue weighted by molar-refractivity contribution is 0.504. The van der Waals surface area contributed by atoms with Crippen LogP contribution in [-0.4, -0.2) is 9.78 Å². The van der Waals surface area contributed by atoms with Crippen LogP contribution in [-0.2, 0) is 13.5 Å². The first-order valence-corrected chi connectivity index (χ1v) is 6.58. The van der Waals surface area contributed by atoms with Gasteiger partial charge in [0.15, 0.2) is 11.6 Å². The molecule has 0 amide bonds. The third-order valence-corrected chi connectivity index (χ3v) is 4.08. The van der Waals surface area contributed by atoms with Gasteiger partial charge >= 0.3 is 0 Å². The quantitative estimate of drug-likeness (QED) is 0.940. The predicted molar refractivity (Wildman–Crippen MR) is 72.6 cm³/mol. The first kappa shape index (κ1) is 14.1. The lowest BCUT2D eigenvalue weighted by Gasteiger charge is -2.13. The molecular formula is C13H14BrF2N3. The van der Waals surface area contributed by atoms with E-state index in [0.717, 1.165) is 28.0 Å². The molecule has 2 N–H and O–H groups in total. The van der Waals surface area contributed by atoms with Crippen molar-refractivity contribution in [3.8, 4) is 0 Å². The number of aromatic nitrogens is 2. The van der Waals surface area contributed by atoms with Crippen LogP contribution in [0.25, 0.3) is 0 Å². The standard InChI is InChI=1S/C13H14BrF2N3/c1-7-13(14)12(19(2)18-7)6-11(17)8-3-4-9(15)10(16)5-8/h3-5,11H,6,17H2,1-2H3. The third-order valence-electron chi connectivity index (χ3n) is 3.05. The number of benzene rings is 1. The van der Waals surface area contributed by atoms with E-state index in [0.29, 0.717) is 12.0 Å². The van der Waals surface area contributed by atoms with Gasteiger partial charge in [0.2, 0.25) is 0 Å². The molecule has 0 saturated heterocycles. The number of aryl methyl sites for hydroxylation is 2. The number of rotatable bonds is 3. The molecule has 0 saturated carbocycles. The summed E-state index contributed by atoms with van der Waals surface area (Å²) in [5.74, 6) is -1.75. The van der Waals surface area contributed by atoms with E-state index in [1.807, 2.05) is 14.0 Å². The molecule has 0 spiro atoms. The minimum atomic E-state index is -0.881. The summed E-state index contributed by atoms with van der Waals surface area (Å²) in [6, 6.07) is 3.31. The van der Waals surface area contributed by atoms with E-state index in [-0.39, 0.29) is 0 Å². The summed E-state index contributed by atoms with van der Waals surface area (Å²) >= 11 is 3.46. The second kappa shape index (κ2) is 5.38. The summed E-state index contributed by atoms with van der Waals surface area (Å²) in [4.78, 5) is 0. The fourth-order valence-corrected chi connectivity index (χ4v) is 2.47. The molecule has 0 aliphatic rings. The molecule has 2 rings (SSSR count). The topological polar surface area (TPSA) is 43.8 Å². The Morgan fingerprint density at radius 2 is 2.05 bits per heavy atom. The van der Waals surface area contributed by atoms with Gasteiger partial charge < -0.3 is 5.73 Å². The first-order valence-electron chi connectivity index (χ1n) is 5.78. The van der Waals surface area contributed by atoms with Crippen molar-refractivity contribution in [2.75, 3.05) is 0 Å². The number of nitrogens with two attached hydrogens (primary N) is 1. The summed E-state index contributed by atoms with van der Waals surface area (Å²) in [5.41, 5.74) is 8.40. The Morgan fingerprint density at radius 1 is 1.37 bits per heavy atom. The lowest BCUT2D eigenvalue weighted by Crippen LogP contribution is -2.16. The fourth-order valence-electron chi connectivity index (χ4n) is 1.97. The van der Waals surface area contributed by atoms with E-state index in [1.165, 1.54) is 6.07 Å². The molecule has 0 radical (unpaired) electrons. The molecule has 1 aromatic carbocycles. The van der Waals surface area contributed by atoms with Crippen molar-refractivity contribution in [3.05, 3.63) is 51.3 Å². The van der Waals surface area contributed by atoms with Crippen LogP contribution in [0.5, 0.6) is 0 Å². The zero-order chi connectivity index (χ0) is 14.2. The minimum absolute atomic E-state index is 0.416. The van der Waals surface area contributed by atoms with Gasteiger partial charge in [0.1, 0.15) is 0 Å². The number of nitrogens with zero attached hydrogens (tertiary/aromatic N) is 2. The Kier molecular flexibility index (Phi) is 4.01. The van der Waals surface area contributed by atoms with Crippen molar-refractivity contribution >= 4 is 15.9 Å². The molecule has 1 unspecified atom stereocenters. The van der Waals surface area contributed by atoms with E-state index in [2.05, 4.69) is 21.0 Å². The summed E-state index contributed by atoms with van der Waals surface area (Å²) < 4.78 is 28.7. The Morgan fingerprint density at radius 3 is 2.58 bits per heavy atom. The monoisotopic (exact) mass is 329 g/mol. The van der Waals surface area contributed by atoms with Gasteiger partial charge in [0.05, 0.1) is 15.9 Å². The van der Waals surface area contributed by atoms with Crippen molar-refractivity contribution in [3.63, 3.8) is 0 Å². The van der Waals surface area contributed by atoms with Crippen LogP contribution >= 0.6 is 15.9 Å². The molecule has 3 nitrogen and oxygen atoms in total. The van der Waals surface area contributed by atoms with Gasteiger partial charge in [-0.3, -0.25) is 4.68 Å². The summed E-state index contributed by atoms with van der Waals surface area (Å²) in [6.45, 7) is 1.89. The molecule has 6 heteroatoms. The van der Waals surface area contributed by atoms with Crippen LogP contribution < -0.4 is 5.73 Å². The number of hydrogen-bond acceptors (Lipinski definition) is 2. The predicted octanol–water partition coefficient (Wildman–Crippen LogP) is 3.01. The Labute approximate surface area is 118 Å². The van der Waals surface area contributed by atoms with Crippen LogP contribution in [0.15, 0.2) is 22.7 Å². The molecule has 0 fully saturated rings. The Hall–Kier alpha value is -1.27. The summed E-state index contributed by atoms with van der Waals surface area (Å²) in [6.07, 6.45) is 0.489. The maximum atomic E-state index is 13.2. The van der Waals surface area contributed by atoms with Crippen LogP contribution in [0.1, 0.15) is 23.0 Å². The maximum absolute atomic E-state index is 13.2. The Bertz CT molecular complexity index is 610. The summed E-state index contributed by atoms with van der Waals surface area (Å²) in [5, 5.41) is 4.27. The molecular weight excluding hydrogens is 316 g/mol. The van der Waals surface area contributed by atoms with Crippen LogP contribution in [0, 0.1) is 18.6 Å². The minimum Gasteiger partial charge on any atom is -0.324 e. The summed E-state index contributed by atoms with van der Waals surface area (Å²) in [7, 11) is 1.82. The van der Waals surface area contributed by atoms with E-state index in [1.54, 1.807) is 4.68 Å². The largest absolute Gasteiger partial charge is 0.324 e. The van der Waals surface area contributed by atoms with Gasteiger partial charge in [-0.25, -0.2) is 8.78 Å². The van der Waals surface area contributed by atoms with Crippen molar-refractivity contribution in [1.29, 1.82) is 0 Å². The molecule has 0 bridgehead atoms. The van der Waals surface area contributed by atoms with E-state index < -0.39 is 17.7 Å². The van der Waals surface area contributed by atoms with Gasteiger partial charge in [-0.05, 0) is 40.5 Å². The molecule has 1 aromatic heterocycles. The average Bonchev–Trinajstić information content (AvgIpc) is 2.59. The van der Waals surface area contributed by atoms with E-state index >= 15 is 0 Å². The van der Waals surface area contributed by atoms with Crippen molar-refractivity contribution in [1.82, 2.24) is 9.78 Å². The second-order valence-electron chi connectivity index (χ2n) is 4.45. The van der Waals surface area contributed by atoms with E-state index in [4.69, 9.17) is 5.73 Å². The SMILES string of the molecule is Cc1nn(C)c(CC(N)c2ccc(F)c(F)c2)c1Br. The highest BCUT2D eigenvalue weighted by molar-refractivity contribution is 9.10. The van der Waals surface area contributed by atoms with Crippen LogP contribution in [0.2, 0.25) is 0 Å². The molecule has 1 atom stereocenters. The van der Waals surface area contributed by atoms with Crippen LogP contribution in [0.4, 0.5) is 8.78 Å². The molecule has 0 aliphatic heterocycles. The zero-order valence-corrected chi connectivity index (χ0v) is 12.2. The van der Waals surface area contributed by atoms with Gasteiger partial charge in [-0.2, -0.15) is 5.10 Å². The lowest BCUT2D eigenvalue weighted by atomic mass is 10.0. The van der Waals surface area contributed by atoms with Crippen molar-refractivity contribution < 1.29 is 8.78 Å². The molecule has 2 aromatic rings. The normalized spacial score (nSPS) is 12.7. The highest BCUT2D eigenvalue weighted by atomic mass is 79.9. The zero-order valence-electron chi connectivity index (χ0n) is 10.6. The van der Waals surface area contributed by atoms with Crippen LogP contribution in [0.3, 0.4) is 0 Å². The maximum Gasteiger partial charge on any atom is 0.159 e. The van der Waals surface area contributed by atoms with Gasteiger partial charge in [-0.15, -0.1) is 0 Å². The molecule has 19 heavy (non-hydrogen) atoms. The third kappa shape index (κ3) is 2.84. The van der Waals surface area contributed by atoms with Gasteiger partial charge in [0.25, 0.3) is 0 Å². The van der Waals surface area contributed by atoms with Crippen molar-refractivity contribution in [2.24, 2.45) is 12.8 Å². The Balaban J connectivity index is 2.25. The average molecular weight is 330 g/mol. The molecule has 102 valence electrons. The highest BCUT2D eigenvalue weighted by Crippen LogP contribution is 2.25.